The molecule has 0 saturated heterocycles. The maximum Gasteiger partial charge on any atom is 0.143 e. The van der Waals surface area contributed by atoms with Gasteiger partial charge in [0.1, 0.15) is 17.8 Å². The topological polar surface area (TPSA) is 53.6 Å². The molecule has 2 N–H and O–H groups in total. The van der Waals surface area contributed by atoms with Gasteiger partial charge < -0.3 is 10.3 Å². The van der Waals surface area contributed by atoms with Gasteiger partial charge >= 0.3 is 0 Å². The quantitative estimate of drug-likeness (QED) is 0.891. The molecule has 2 heterocycles. The summed E-state index contributed by atoms with van der Waals surface area (Å²) in [6, 6.07) is 0.494. The van der Waals surface area contributed by atoms with Crippen molar-refractivity contribution in [3.05, 3.63) is 18.1 Å². The van der Waals surface area contributed by atoms with Crippen LogP contribution in [0, 0.1) is 5.41 Å². The standard InChI is InChI=1S/C16H24N4/c1-4-11-9-17-14-13(11)15(19-10-18-14)20-12-7-5-6-8-16(12,2)3/h9-10,12H,4-8H2,1-3H3,(H2,17,18,19,20). The number of aromatic nitrogens is 3. The predicted molar refractivity (Wildman–Crippen MR) is 82.9 cm³/mol. The molecule has 108 valence electrons. The minimum absolute atomic E-state index is 0.332. The van der Waals surface area contributed by atoms with Gasteiger partial charge in [0.25, 0.3) is 0 Å². The van der Waals surface area contributed by atoms with Gasteiger partial charge in [0, 0.05) is 12.2 Å². The van der Waals surface area contributed by atoms with Crippen LogP contribution in [0.5, 0.6) is 0 Å². The Morgan fingerprint density at radius 2 is 2.20 bits per heavy atom. The lowest BCUT2D eigenvalue weighted by atomic mass is 9.73. The molecule has 0 aliphatic heterocycles. The van der Waals surface area contributed by atoms with E-state index in [2.05, 4.69) is 47.2 Å². The molecule has 2 aromatic rings. The summed E-state index contributed by atoms with van der Waals surface area (Å²) in [5.74, 6) is 0.994. The van der Waals surface area contributed by atoms with Gasteiger partial charge in [-0.1, -0.05) is 33.6 Å². The van der Waals surface area contributed by atoms with E-state index >= 15 is 0 Å². The Kier molecular flexibility index (Phi) is 3.40. The van der Waals surface area contributed by atoms with Gasteiger partial charge in [-0.05, 0) is 30.2 Å². The minimum atomic E-state index is 0.332. The first-order chi connectivity index (χ1) is 9.62. The van der Waals surface area contributed by atoms with Crippen molar-refractivity contribution in [1.82, 2.24) is 15.0 Å². The summed E-state index contributed by atoms with van der Waals surface area (Å²) in [4.78, 5) is 12.1. The van der Waals surface area contributed by atoms with Gasteiger partial charge in [-0.3, -0.25) is 0 Å². The molecule has 1 atom stereocenters. The fourth-order valence-electron chi connectivity index (χ4n) is 3.34. The normalized spacial score (nSPS) is 22.1. The Bertz CT molecular complexity index is 600. The second kappa shape index (κ2) is 5.08. The maximum absolute atomic E-state index is 4.51. The average Bonchev–Trinajstić information content (AvgIpc) is 2.85. The van der Waals surface area contributed by atoms with Gasteiger partial charge in [0.15, 0.2) is 0 Å². The van der Waals surface area contributed by atoms with Crippen LogP contribution in [0.2, 0.25) is 0 Å². The Balaban J connectivity index is 1.96. The lowest BCUT2D eigenvalue weighted by molar-refractivity contribution is 0.217. The second-order valence-electron chi connectivity index (χ2n) is 6.54. The first-order valence-corrected chi connectivity index (χ1v) is 7.69. The first-order valence-electron chi connectivity index (χ1n) is 7.69. The number of aromatic amines is 1. The van der Waals surface area contributed by atoms with Crippen molar-refractivity contribution in [3.8, 4) is 0 Å². The number of aryl methyl sites for hydroxylation is 1. The fourth-order valence-corrected chi connectivity index (χ4v) is 3.34. The third kappa shape index (κ3) is 2.28. The van der Waals surface area contributed by atoms with E-state index in [0.29, 0.717) is 11.5 Å². The zero-order valence-electron chi connectivity index (χ0n) is 12.7. The molecular formula is C16H24N4. The molecule has 0 aromatic carbocycles. The number of hydrogen-bond donors (Lipinski definition) is 2. The summed E-state index contributed by atoms with van der Waals surface area (Å²) >= 11 is 0. The van der Waals surface area contributed by atoms with Crippen LogP contribution < -0.4 is 5.32 Å². The van der Waals surface area contributed by atoms with E-state index in [1.165, 1.54) is 31.2 Å². The summed E-state index contributed by atoms with van der Waals surface area (Å²) in [5, 5.41) is 4.87. The number of H-pyrrole nitrogens is 1. The number of nitrogens with one attached hydrogen (secondary N) is 2. The third-order valence-electron chi connectivity index (χ3n) is 4.75. The van der Waals surface area contributed by atoms with E-state index in [0.717, 1.165) is 23.3 Å². The highest BCUT2D eigenvalue weighted by Crippen LogP contribution is 2.38. The number of hydrogen-bond acceptors (Lipinski definition) is 3. The SMILES string of the molecule is CCc1c[nH]c2ncnc(NC3CCCCC3(C)C)c12. The summed E-state index contributed by atoms with van der Waals surface area (Å²) in [7, 11) is 0. The molecule has 2 aromatic heterocycles. The van der Waals surface area contributed by atoms with Gasteiger partial charge in [-0.25, -0.2) is 9.97 Å². The Hall–Kier alpha value is -1.58. The summed E-state index contributed by atoms with van der Waals surface area (Å²) < 4.78 is 0. The Labute approximate surface area is 120 Å². The monoisotopic (exact) mass is 272 g/mol. The number of nitrogens with zero attached hydrogens (tertiary/aromatic N) is 2. The highest BCUT2D eigenvalue weighted by Gasteiger charge is 2.32. The van der Waals surface area contributed by atoms with E-state index in [1.807, 2.05) is 0 Å². The molecule has 1 saturated carbocycles. The predicted octanol–water partition coefficient (Wildman–Crippen LogP) is 3.90. The highest BCUT2D eigenvalue weighted by molar-refractivity contribution is 5.90. The molecule has 1 unspecified atom stereocenters. The van der Waals surface area contributed by atoms with Crippen molar-refractivity contribution < 1.29 is 0 Å². The van der Waals surface area contributed by atoms with Crippen molar-refractivity contribution in [3.63, 3.8) is 0 Å². The lowest BCUT2D eigenvalue weighted by Crippen LogP contribution is -2.39. The van der Waals surface area contributed by atoms with Crippen LogP contribution in [0.3, 0.4) is 0 Å². The molecule has 20 heavy (non-hydrogen) atoms. The molecule has 0 radical (unpaired) electrons. The largest absolute Gasteiger partial charge is 0.366 e. The van der Waals surface area contributed by atoms with Crippen molar-refractivity contribution in [2.75, 3.05) is 5.32 Å². The molecule has 1 aliphatic carbocycles. The van der Waals surface area contributed by atoms with Crippen molar-refractivity contribution in [2.45, 2.75) is 58.9 Å². The number of anilines is 1. The van der Waals surface area contributed by atoms with Crippen LogP contribution in [0.1, 0.15) is 52.0 Å². The maximum atomic E-state index is 4.51. The van der Waals surface area contributed by atoms with Crippen LogP contribution >= 0.6 is 0 Å². The molecule has 0 amide bonds. The molecule has 1 aliphatic rings. The third-order valence-corrected chi connectivity index (χ3v) is 4.75. The van der Waals surface area contributed by atoms with Gasteiger partial charge in [-0.15, -0.1) is 0 Å². The summed E-state index contributed by atoms with van der Waals surface area (Å²) in [6.45, 7) is 6.89. The second-order valence-corrected chi connectivity index (χ2v) is 6.54. The van der Waals surface area contributed by atoms with Crippen molar-refractivity contribution in [1.29, 1.82) is 0 Å². The van der Waals surface area contributed by atoms with Crippen LogP contribution in [-0.4, -0.2) is 21.0 Å². The lowest BCUT2D eigenvalue weighted by Gasteiger charge is -2.39. The van der Waals surface area contributed by atoms with Crippen molar-refractivity contribution >= 4 is 16.9 Å². The van der Waals surface area contributed by atoms with Crippen LogP contribution in [-0.2, 0) is 6.42 Å². The van der Waals surface area contributed by atoms with Gasteiger partial charge in [0.05, 0.1) is 5.39 Å². The summed E-state index contributed by atoms with van der Waals surface area (Å²) in [5.41, 5.74) is 2.56. The molecule has 3 rings (SSSR count). The molecule has 1 fully saturated rings. The molecule has 0 bridgehead atoms. The van der Waals surface area contributed by atoms with E-state index < -0.39 is 0 Å². The average molecular weight is 272 g/mol. The van der Waals surface area contributed by atoms with Crippen molar-refractivity contribution in [2.24, 2.45) is 5.41 Å². The minimum Gasteiger partial charge on any atom is -0.366 e. The molecule has 4 heteroatoms. The smallest absolute Gasteiger partial charge is 0.143 e. The fraction of sp³-hybridized carbons (Fsp3) is 0.625. The van der Waals surface area contributed by atoms with E-state index in [9.17, 15) is 0 Å². The summed E-state index contributed by atoms with van der Waals surface area (Å²) in [6.07, 6.45) is 9.86. The number of rotatable bonds is 3. The van der Waals surface area contributed by atoms with E-state index in [-0.39, 0.29) is 0 Å². The molecular weight excluding hydrogens is 248 g/mol. The Morgan fingerprint density at radius 3 is 2.95 bits per heavy atom. The van der Waals surface area contributed by atoms with Crippen LogP contribution in [0.15, 0.2) is 12.5 Å². The van der Waals surface area contributed by atoms with Gasteiger partial charge in [0.2, 0.25) is 0 Å². The highest BCUT2D eigenvalue weighted by atomic mass is 15.1. The first kappa shape index (κ1) is 13.4. The van der Waals surface area contributed by atoms with Crippen LogP contribution in [0.25, 0.3) is 11.0 Å². The number of fused-ring (bicyclic) bond motifs is 1. The molecule has 4 nitrogen and oxygen atoms in total. The van der Waals surface area contributed by atoms with Crippen LogP contribution in [0.4, 0.5) is 5.82 Å². The van der Waals surface area contributed by atoms with E-state index in [1.54, 1.807) is 6.33 Å². The van der Waals surface area contributed by atoms with E-state index in [4.69, 9.17) is 0 Å². The zero-order valence-corrected chi connectivity index (χ0v) is 12.7. The Morgan fingerprint density at radius 1 is 1.35 bits per heavy atom. The zero-order chi connectivity index (χ0) is 14.2. The molecule has 0 spiro atoms. The van der Waals surface area contributed by atoms with Gasteiger partial charge in [-0.2, -0.15) is 0 Å².